The standard InChI is InChI=1S/C25H23N5O3S/c1-3-14-30-23(19-13-15-33-17(19)2)28-29-25(30)34-16-22(31)27-21-12-8-7-11-20(21)24(32)26-18-9-5-4-6-10-18/h3-13,15H,1,14,16H2,2H3,(H,26,32)(H,27,31). The first-order valence-corrected chi connectivity index (χ1v) is 11.5. The summed E-state index contributed by atoms with van der Waals surface area (Å²) in [6.07, 6.45) is 3.34. The van der Waals surface area contributed by atoms with Crippen LogP contribution in [0.3, 0.4) is 0 Å². The lowest BCUT2D eigenvalue weighted by atomic mass is 10.1. The van der Waals surface area contributed by atoms with E-state index in [1.54, 1.807) is 48.7 Å². The first-order chi connectivity index (χ1) is 16.6. The molecule has 0 aliphatic carbocycles. The summed E-state index contributed by atoms with van der Waals surface area (Å²) in [5.41, 5.74) is 2.32. The van der Waals surface area contributed by atoms with E-state index in [-0.39, 0.29) is 17.6 Å². The summed E-state index contributed by atoms with van der Waals surface area (Å²) in [6.45, 7) is 6.14. The van der Waals surface area contributed by atoms with Gasteiger partial charge >= 0.3 is 0 Å². The van der Waals surface area contributed by atoms with Crippen molar-refractivity contribution in [3.63, 3.8) is 0 Å². The van der Waals surface area contributed by atoms with E-state index in [1.165, 1.54) is 11.8 Å². The van der Waals surface area contributed by atoms with Crippen molar-refractivity contribution in [1.29, 1.82) is 0 Å². The number of thioether (sulfide) groups is 1. The fourth-order valence-electron chi connectivity index (χ4n) is 3.33. The summed E-state index contributed by atoms with van der Waals surface area (Å²) >= 11 is 1.25. The average molecular weight is 474 g/mol. The number of aromatic nitrogens is 3. The maximum atomic E-state index is 12.7. The molecule has 0 unspecified atom stereocenters. The van der Waals surface area contributed by atoms with Crippen molar-refractivity contribution in [2.75, 3.05) is 16.4 Å². The van der Waals surface area contributed by atoms with E-state index in [9.17, 15) is 9.59 Å². The molecule has 2 heterocycles. The third-order valence-corrected chi connectivity index (χ3v) is 5.90. The number of benzene rings is 2. The number of nitrogens with zero attached hydrogens (tertiary/aromatic N) is 3. The van der Waals surface area contributed by atoms with Gasteiger partial charge in [-0.25, -0.2) is 0 Å². The molecule has 34 heavy (non-hydrogen) atoms. The van der Waals surface area contributed by atoms with Crippen LogP contribution in [0.25, 0.3) is 11.4 Å². The number of amides is 2. The highest BCUT2D eigenvalue weighted by Gasteiger charge is 2.18. The number of anilines is 2. The molecule has 0 radical (unpaired) electrons. The van der Waals surface area contributed by atoms with Crippen LogP contribution >= 0.6 is 11.8 Å². The van der Waals surface area contributed by atoms with Crippen LogP contribution in [0.2, 0.25) is 0 Å². The minimum absolute atomic E-state index is 0.0916. The average Bonchev–Trinajstić information content (AvgIpc) is 3.44. The summed E-state index contributed by atoms with van der Waals surface area (Å²) < 4.78 is 7.26. The molecule has 2 N–H and O–H groups in total. The van der Waals surface area contributed by atoms with Crippen LogP contribution in [0.15, 0.2) is 89.2 Å². The van der Waals surface area contributed by atoms with Crippen molar-refractivity contribution in [2.45, 2.75) is 18.6 Å². The second-order valence-corrected chi connectivity index (χ2v) is 8.24. The van der Waals surface area contributed by atoms with E-state index in [0.29, 0.717) is 34.5 Å². The lowest BCUT2D eigenvalue weighted by Crippen LogP contribution is -2.19. The predicted octanol–water partition coefficient (Wildman–Crippen LogP) is 5.02. The van der Waals surface area contributed by atoms with Gasteiger partial charge in [0.1, 0.15) is 5.76 Å². The van der Waals surface area contributed by atoms with Gasteiger partial charge in [-0.15, -0.1) is 16.8 Å². The van der Waals surface area contributed by atoms with Gasteiger partial charge in [-0.3, -0.25) is 14.2 Å². The number of carbonyl (C=O) groups excluding carboxylic acids is 2. The summed E-state index contributed by atoms with van der Waals surface area (Å²) in [4.78, 5) is 25.5. The Balaban J connectivity index is 1.44. The molecule has 2 aromatic heterocycles. The summed E-state index contributed by atoms with van der Waals surface area (Å²) in [5, 5.41) is 14.8. The first-order valence-electron chi connectivity index (χ1n) is 10.5. The van der Waals surface area contributed by atoms with E-state index < -0.39 is 0 Å². The molecule has 0 bridgehead atoms. The number of hydrogen-bond acceptors (Lipinski definition) is 6. The minimum Gasteiger partial charge on any atom is -0.469 e. The second-order valence-electron chi connectivity index (χ2n) is 7.30. The van der Waals surface area contributed by atoms with Gasteiger partial charge in [0.15, 0.2) is 11.0 Å². The largest absolute Gasteiger partial charge is 0.469 e. The van der Waals surface area contributed by atoms with Crippen molar-refractivity contribution < 1.29 is 14.0 Å². The molecule has 0 spiro atoms. The molecule has 9 heteroatoms. The van der Waals surface area contributed by atoms with E-state index in [2.05, 4.69) is 27.4 Å². The van der Waals surface area contributed by atoms with Crippen LogP contribution in [0.4, 0.5) is 11.4 Å². The quantitative estimate of drug-likeness (QED) is 0.262. The Labute approximate surface area is 201 Å². The van der Waals surface area contributed by atoms with Crippen LogP contribution in [0.5, 0.6) is 0 Å². The lowest BCUT2D eigenvalue weighted by Gasteiger charge is -2.12. The SMILES string of the molecule is C=CCn1c(SCC(=O)Nc2ccccc2C(=O)Nc2ccccc2)nnc1-c1ccoc1C. The number of aryl methyl sites for hydroxylation is 1. The van der Waals surface area contributed by atoms with Gasteiger partial charge in [0.2, 0.25) is 5.91 Å². The number of furan rings is 1. The predicted molar refractivity (Wildman–Crippen MR) is 133 cm³/mol. The highest BCUT2D eigenvalue weighted by molar-refractivity contribution is 7.99. The fourth-order valence-corrected chi connectivity index (χ4v) is 4.08. The van der Waals surface area contributed by atoms with Crippen LogP contribution in [-0.4, -0.2) is 32.3 Å². The maximum absolute atomic E-state index is 12.7. The maximum Gasteiger partial charge on any atom is 0.257 e. The molecule has 0 aliphatic heterocycles. The number of rotatable bonds is 9. The van der Waals surface area contributed by atoms with Gasteiger partial charge in [-0.05, 0) is 37.3 Å². The molecule has 0 fully saturated rings. The minimum atomic E-state index is -0.305. The third kappa shape index (κ3) is 5.26. The Morgan fingerprint density at radius 3 is 2.56 bits per heavy atom. The van der Waals surface area contributed by atoms with Gasteiger partial charge in [0.25, 0.3) is 5.91 Å². The molecule has 4 aromatic rings. The molecule has 4 rings (SSSR count). The number of hydrogen-bond donors (Lipinski definition) is 2. The zero-order valence-corrected chi connectivity index (χ0v) is 19.3. The smallest absolute Gasteiger partial charge is 0.257 e. The number of carbonyl (C=O) groups is 2. The lowest BCUT2D eigenvalue weighted by molar-refractivity contribution is -0.113. The topological polar surface area (TPSA) is 102 Å². The zero-order chi connectivity index (χ0) is 23.9. The van der Waals surface area contributed by atoms with Crippen molar-refractivity contribution in [1.82, 2.24) is 14.8 Å². The van der Waals surface area contributed by atoms with Crippen molar-refractivity contribution in [3.8, 4) is 11.4 Å². The first kappa shape index (κ1) is 23.1. The van der Waals surface area contributed by atoms with Crippen LogP contribution in [0, 0.1) is 6.92 Å². The van der Waals surface area contributed by atoms with Gasteiger partial charge in [0, 0.05) is 12.2 Å². The highest BCUT2D eigenvalue weighted by atomic mass is 32.2. The van der Waals surface area contributed by atoms with Crippen molar-refractivity contribution in [3.05, 3.63) is 90.9 Å². The number of para-hydroxylation sites is 2. The van der Waals surface area contributed by atoms with E-state index in [1.807, 2.05) is 35.8 Å². The third-order valence-electron chi connectivity index (χ3n) is 4.94. The van der Waals surface area contributed by atoms with Gasteiger partial charge < -0.3 is 15.1 Å². The Morgan fingerprint density at radius 1 is 1.06 bits per heavy atom. The second kappa shape index (κ2) is 10.7. The van der Waals surface area contributed by atoms with Gasteiger partial charge in [-0.1, -0.05) is 48.2 Å². The number of allylic oxidation sites excluding steroid dienone is 1. The van der Waals surface area contributed by atoms with Gasteiger partial charge in [0.05, 0.1) is 28.8 Å². The van der Waals surface area contributed by atoms with Crippen LogP contribution < -0.4 is 10.6 Å². The summed E-state index contributed by atoms with van der Waals surface area (Å²) in [7, 11) is 0. The molecule has 2 amide bonds. The van der Waals surface area contributed by atoms with Crippen LogP contribution in [0.1, 0.15) is 16.1 Å². The fraction of sp³-hybridized carbons (Fsp3) is 0.120. The Morgan fingerprint density at radius 2 is 1.82 bits per heavy atom. The molecule has 0 aliphatic rings. The molecule has 0 saturated heterocycles. The highest BCUT2D eigenvalue weighted by Crippen LogP contribution is 2.27. The normalized spacial score (nSPS) is 10.6. The Kier molecular flexibility index (Phi) is 7.24. The zero-order valence-electron chi connectivity index (χ0n) is 18.5. The summed E-state index contributed by atoms with van der Waals surface area (Å²) in [5.74, 6) is 0.906. The number of nitrogens with one attached hydrogen (secondary N) is 2. The van der Waals surface area contributed by atoms with E-state index in [4.69, 9.17) is 4.42 Å². The molecule has 2 aromatic carbocycles. The van der Waals surface area contributed by atoms with Crippen LogP contribution in [-0.2, 0) is 11.3 Å². The molecular formula is C25H23N5O3S. The molecule has 8 nitrogen and oxygen atoms in total. The monoisotopic (exact) mass is 473 g/mol. The Bertz CT molecular complexity index is 1310. The van der Waals surface area contributed by atoms with Crippen molar-refractivity contribution >= 4 is 35.0 Å². The Hall–Kier alpha value is -4.11. The van der Waals surface area contributed by atoms with E-state index >= 15 is 0 Å². The molecule has 0 atom stereocenters. The molecule has 172 valence electrons. The van der Waals surface area contributed by atoms with Gasteiger partial charge in [-0.2, -0.15) is 0 Å². The van der Waals surface area contributed by atoms with E-state index in [0.717, 1.165) is 11.3 Å². The molecular weight excluding hydrogens is 450 g/mol. The van der Waals surface area contributed by atoms with Crippen molar-refractivity contribution in [2.24, 2.45) is 0 Å². The summed E-state index contributed by atoms with van der Waals surface area (Å²) in [6, 6.07) is 17.9. The molecule has 0 saturated carbocycles.